The van der Waals surface area contributed by atoms with Gasteiger partial charge in [0.05, 0.1) is 6.04 Å². The fourth-order valence-corrected chi connectivity index (χ4v) is 2.94. The summed E-state index contributed by atoms with van der Waals surface area (Å²) in [6, 6.07) is 15.3. The Labute approximate surface area is 151 Å². The molecular weight excluding hydrogens is 312 g/mol. The second-order valence-corrected chi connectivity index (χ2v) is 7.02. The molecule has 2 nitrogen and oxygen atoms in total. The zero-order valence-corrected chi connectivity index (χ0v) is 16.1. The van der Waals surface area contributed by atoms with Gasteiger partial charge in [-0.25, -0.2) is 0 Å². The third kappa shape index (κ3) is 4.81. The van der Waals surface area contributed by atoms with Crippen molar-refractivity contribution in [3.63, 3.8) is 0 Å². The van der Waals surface area contributed by atoms with E-state index in [9.17, 15) is 0 Å². The molecule has 0 bridgehead atoms. The topological polar surface area (TPSA) is 24.1 Å². The van der Waals surface area contributed by atoms with Crippen molar-refractivity contribution in [2.24, 2.45) is 0 Å². The predicted octanol–water partition coefficient (Wildman–Crippen LogP) is 5.86. The number of aryl methyl sites for hydroxylation is 2. The van der Waals surface area contributed by atoms with Crippen LogP contribution in [0.2, 0.25) is 0 Å². The van der Waals surface area contributed by atoms with Crippen LogP contribution in [0.5, 0.6) is 0 Å². The van der Waals surface area contributed by atoms with Crippen molar-refractivity contribution in [1.29, 1.82) is 0 Å². The molecule has 0 aliphatic heterocycles. The second-order valence-electron chi connectivity index (χ2n) is 6.61. The Morgan fingerprint density at radius 2 is 1.62 bits per heavy atom. The number of benzene rings is 2. The van der Waals surface area contributed by atoms with Gasteiger partial charge < -0.3 is 10.6 Å². The van der Waals surface area contributed by atoms with E-state index in [2.05, 4.69) is 87.7 Å². The van der Waals surface area contributed by atoms with Crippen LogP contribution in [-0.4, -0.2) is 5.11 Å². The highest BCUT2D eigenvalue weighted by molar-refractivity contribution is 7.80. The fourth-order valence-electron chi connectivity index (χ4n) is 2.66. The maximum Gasteiger partial charge on any atom is 0.171 e. The molecule has 2 N–H and O–H groups in total. The van der Waals surface area contributed by atoms with Gasteiger partial charge in [-0.1, -0.05) is 50.2 Å². The maximum absolute atomic E-state index is 5.48. The van der Waals surface area contributed by atoms with Gasteiger partial charge in [0, 0.05) is 5.69 Å². The van der Waals surface area contributed by atoms with E-state index in [-0.39, 0.29) is 6.04 Å². The number of rotatable bonds is 5. The number of nitrogens with one attached hydrogen (secondary N) is 2. The Morgan fingerprint density at radius 1 is 1.00 bits per heavy atom. The highest BCUT2D eigenvalue weighted by atomic mass is 32.1. The van der Waals surface area contributed by atoms with Crippen LogP contribution in [0.1, 0.15) is 61.4 Å². The minimum atomic E-state index is 0.168. The molecule has 0 saturated carbocycles. The van der Waals surface area contributed by atoms with Crippen LogP contribution in [-0.2, 0) is 0 Å². The van der Waals surface area contributed by atoms with Crippen LogP contribution >= 0.6 is 12.2 Å². The molecule has 2 unspecified atom stereocenters. The first-order valence-electron chi connectivity index (χ1n) is 8.65. The van der Waals surface area contributed by atoms with Crippen molar-refractivity contribution in [2.45, 2.75) is 53.0 Å². The lowest BCUT2D eigenvalue weighted by Gasteiger charge is -2.19. The molecule has 0 fully saturated rings. The quantitative estimate of drug-likeness (QED) is 0.666. The zero-order chi connectivity index (χ0) is 17.7. The zero-order valence-electron chi connectivity index (χ0n) is 15.3. The lowest BCUT2D eigenvalue weighted by atomic mass is 9.96. The third-order valence-electron chi connectivity index (χ3n) is 4.61. The number of hydrogen-bond acceptors (Lipinski definition) is 1. The molecular formula is C21H28N2S. The van der Waals surface area contributed by atoms with Gasteiger partial charge in [0.1, 0.15) is 0 Å². The van der Waals surface area contributed by atoms with Crippen LogP contribution in [0.25, 0.3) is 0 Å². The van der Waals surface area contributed by atoms with Crippen LogP contribution in [0.3, 0.4) is 0 Å². The van der Waals surface area contributed by atoms with Crippen LogP contribution in [0.4, 0.5) is 5.69 Å². The summed E-state index contributed by atoms with van der Waals surface area (Å²) in [5.74, 6) is 0.606. The van der Waals surface area contributed by atoms with Gasteiger partial charge in [-0.05, 0) is 73.6 Å². The van der Waals surface area contributed by atoms with Gasteiger partial charge in [0.2, 0.25) is 0 Å². The van der Waals surface area contributed by atoms with Crippen molar-refractivity contribution >= 4 is 23.0 Å². The molecule has 2 aromatic rings. The molecule has 0 aliphatic carbocycles. The van der Waals surface area contributed by atoms with E-state index < -0.39 is 0 Å². The standard InChI is InChI=1S/C21H28N2S/c1-6-15(3)18-9-11-19(12-10-18)17(5)22-21(24)23-20-13-14(2)7-8-16(20)4/h7-13,15,17H,6H2,1-5H3,(H2,22,23,24). The lowest BCUT2D eigenvalue weighted by molar-refractivity contribution is 0.713. The minimum Gasteiger partial charge on any atom is -0.356 e. The van der Waals surface area contributed by atoms with Crippen molar-refractivity contribution in [1.82, 2.24) is 5.32 Å². The summed E-state index contributed by atoms with van der Waals surface area (Å²) < 4.78 is 0. The SMILES string of the molecule is CCC(C)c1ccc(C(C)NC(=S)Nc2cc(C)ccc2C)cc1. The first-order chi connectivity index (χ1) is 11.4. The third-order valence-corrected chi connectivity index (χ3v) is 4.83. The highest BCUT2D eigenvalue weighted by Gasteiger charge is 2.09. The lowest BCUT2D eigenvalue weighted by Crippen LogP contribution is -2.31. The molecule has 0 saturated heterocycles. The second kappa shape index (κ2) is 8.29. The average molecular weight is 341 g/mol. The molecule has 0 aromatic heterocycles. The summed E-state index contributed by atoms with van der Waals surface area (Å²) in [5.41, 5.74) is 6.11. The van der Waals surface area contributed by atoms with E-state index in [1.165, 1.54) is 22.3 Å². The summed E-state index contributed by atoms with van der Waals surface area (Å²) in [6.07, 6.45) is 1.16. The van der Waals surface area contributed by atoms with Crippen LogP contribution < -0.4 is 10.6 Å². The molecule has 3 heteroatoms. The van der Waals surface area contributed by atoms with Gasteiger partial charge in [0.25, 0.3) is 0 Å². The van der Waals surface area contributed by atoms with E-state index in [1.807, 2.05) is 0 Å². The molecule has 128 valence electrons. The normalized spacial score (nSPS) is 13.2. The first kappa shape index (κ1) is 18.5. The Morgan fingerprint density at radius 3 is 2.25 bits per heavy atom. The first-order valence-corrected chi connectivity index (χ1v) is 9.06. The molecule has 24 heavy (non-hydrogen) atoms. The number of thiocarbonyl (C=S) groups is 1. The van der Waals surface area contributed by atoms with Crippen molar-refractivity contribution < 1.29 is 0 Å². The monoisotopic (exact) mass is 340 g/mol. The van der Waals surface area contributed by atoms with E-state index in [0.29, 0.717) is 11.0 Å². The van der Waals surface area contributed by atoms with Gasteiger partial charge in [0.15, 0.2) is 5.11 Å². The number of hydrogen-bond donors (Lipinski definition) is 2. The van der Waals surface area contributed by atoms with Gasteiger partial charge in [-0.15, -0.1) is 0 Å². The Hall–Kier alpha value is -1.87. The summed E-state index contributed by atoms with van der Waals surface area (Å²) in [5, 5.41) is 7.34. The molecule has 0 heterocycles. The molecule has 0 amide bonds. The maximum atomic E-state index is 5.48. The summed E-state index contributed by atoms with van der Waals surface area (Å²) in [4.78, 5) is 0. The summed E-state index contributed by atoms with van der Waals surface area (Å²) in [6.45, 7) is 10.8. The van der Waals surface area contributed by atoms with E-state index in [1.54, 1.807) is 0 Å². The highest BCUT2D eigenvalue weighted by Crippen LogP contribution is 2.21. The van der Waals surface area contributed by atoms with E-state index in [4.69, 9.17) is 12.2 Å². The van der Waals surface area contributed by atoms with Crippen LogP contribution in [0.15, 0.2) is 42.5 Å². The molecule has 2 aromatic carbocycles. The fraction of sp³-hybridized carbons (Fsp3) is 0.381. The minimum absolute atomic E-state index is 0.168. The van der Waals surface area contributed by atoms with E-state index in [0.717, 1.165) is 12.1 Å². The molecule has 0 radical (unpaired) electrons. The summed E-state index contributed by atoms with van der Waals surface area (Å²) in [7, 11) is 0. The molecule has 0 spiro atoms. The van der Waals surface area contributed by atoms with Crippen LogP contribution in [0, 0.1) is 13.8 Å². The van der Waals surface area contributed by atoms with Crippen molar-refractivity contribution in [3.05, 3.63) is 64.7 Å². The van der Waals surface area contributed by atoms with Crippen molar-refractivity contribution in [3.8, 4) is 0 Å². The number of anilines is 1. The Kier molecular flexibility index (Phi) is 6.38. The Bertz CT molecular complexity index is 691. The molecule has 0 aliphatic rings. The predicted molar refractivity (Wildman–Crippen MR) is 109 cm³/mol. The largest absolute Gasteiger partial charge is 0.356 e. The smallest absolute Gasteiger partial charge is 0.171 e. The van der Waals surface area contributed by atoms with Gasteiger partial charge >= 0.3 is 0 Å². The van der Waals surface area contributed by atoms with E-state index >= 15 is 0 Å². The molecule has 2 rings (SSSR count). The average Bonchev–Trinajstić information content (AvgIpc) is 2.57. The van der Waals surface area contributed by atoms with Crippen molar-refractivity contribution in [2.75, 3.05) is 5.32 Å². The summed E-state index contributed by atoms with van der Waals surface area (Å²) >= 11 is 5.48. The van der Waals surface area contributed by atoms with Gasteiger partial charge in [-0.2, -0.15) is 0 Å². The van der Waals surface area contributed by atoms with Gasteiger partial charge in [-0.3, -0.25) is 0 Å². The Balaban J connectivity index is 1.99. The molecule has 2 atom stereocenters.